The molecule has 1 aromatic heterocycles. The predicted molar refractivity (Wildman–Crippen MR) is 59.6 cm³/mol. The monoisotopic (exact) mass is 224 g/mol. The SMILES string of the molecule is CCC(=O)OC/C(C=O)=C\c1cccs1. The zero-order valence-electron chi connectivity index (χ0n) is 8.43. The summed E-state index contributed by atoms with van der Waals surface area (Å²) in [5.74, 6) is -0.297. The molecule has 0 bridgehead atoms. The van der Waals surface area contributed by atoms with Crippen LogP contribution in [-0.2, 0) is 14.3 Å². The van der Waals surface area contributed by atoms with Gasteiger partial charge in [0.1, 0.15) is 12.9 Å². The summed E-state index contributed by atoms with van der Waals surface area (Å²) in [5.41, 5.74) is 0.472. The van der Waals surface area contributed by atoms with Crippen LogP contribution in [0.25, 0.3) is 6.08 Å². The average molecular weight is 224 g/mol. The van der Waals surface area contributed by atoms with E-state index in [0.717, 1.165) is 4.88 Å². The molecule has 1 aromatic rings. The van der Waals surface area contributed by atoms with Gasteiger partial charge in [-0.3, -0.25) is 9.59 Å². The maximum absolute atomic E-state index is 10.9. The largest absolute Gasteiger partial charge is 0.461 e. The Labute approximate surface area is 92.4 Å². The van der Waals surface area contributed by atoms with Gasteiger partial charge >= 0.3 is 5.97 Å². The molecule has 0 saturated heterocycles. The van der Waals surface area contributed by atoms with Crippen LogP contribution in [0.15, 0.2) is 23.1 Å². The van der Waals surface area contributed by atoms with Crippen LogP contribution in [0.3, 0.4) is 0 Å². The van der Waals surface area contributed by atoms with Gasteiger partial charge in [-0.25, -0.2) is 0 Å². The summed E-state index contributed by atoms with van der Waals surface area (Å²) in [7, 11) is 0. The van der Waals surface area contributed by atoms with Crippen LogP contribution in [0.5, 0.6) is 0 Å². The van der Waals surface area contributed by atoms with Crippen molar-refractivity contribution in [2.24, 2.45) is 0 Å². The number of ether oxygens (including phenoxy) is 1. The van der Waals surface area contributed by atoms with Crippen molar-refractivity contribution in [2.45, 2.75) is 13.3 Å². The minimum Gasteiger partial charge on any atom is -0.461 e. The lowest BCUT2D eigenvalue weighted by atomic mass is 10.2. The van der Waals surface area contributed by atoms with Gasteiger partial charge in [0.15, 0.2) is 0 Å². The van der Waals surface area contributed by atoms with E-state index in [1.54, 1.807) is 13.0 Å². The average Bonchev–Trinajstić information content (AvgIpc) is 2.76. The Hall–Kier alpha value is -1.42. The first-order valence-electron chi connectivity index (χ1n) is 4.61. The fraction of sp³-hybridized carbons (Fsp3) is 0.273. The first-order chi connectivity index (χ1) is 7.26. The summed E-state index contributed by atoms with van der Waals surface area (Å²) >= 11 is 1.53. The Balaban J connectivity index is 2.56. The van der Waals surface area contributed by atoms with Crippen LogP contribution in [0.2, 0.25) is 0 Å². The molecule has 1 heterocycles. The molecule has 0 fully saturated rings. The molecular formula is C11H12O3S. The normalized spacial score (nSPS) is 11.1. The van der Waals surface area contributed by atoms with E-state index >= 15 is 0 Å². The van der Waals surface area contributed by atoms with Crippen molar-refractivity contribution in [1.29, 1.82) is 0 Å². The van der Waals surface area contributed by atoms with Crippen LogP contribution in [0.1, 0.15) is 18.2 Å². The molecule has 1 rings (SSSR count). The molecule has 0 aliphatic heterocycles. The number of aldehydes is 1. The molecule has 0 N–H and O–H groups in total. The number of carbonyl (C=O) groups excluding carboxylic acids is 2. The van der Waals surface area contributed by atoms with Crippen LogP contribution >= 0.6 is 11.3 Å². The number of thiophene rings is 1. The number of hydrogen-bond donors (Lipinski definition) is 0. The van der Waals surface area contributed by atoms with Gasteiger partial charge in [0.25, 0.3) is 0 Å². The molecule has 0 unspecified atom stereocenters. The third-order valence-electron chi connectivity index (χ3n) is 1.71. The van der Waals surface area contributed by atoms with Crippen molar-refractivity contribution >= 4 is 29.7 Å². The van der Waals surface area contributed by atoms with Gasteiger partial charge in [-0.1, -0.05) is 13.0 Å². The van der Waals surface area contributed by atoms with E-state index in [1.807, 2.05) is 17.5 Å². The summed E-state index contributed by atoms with van der Waals surface area (Å²) in [4.78, 5) is 22.5. The Kier molecular flexibility index (Phi) is 4.77. The Morgan fingerprint density at radius 1 is 1.60 bits per heavy atom. The Morgan fingerprint density at radius 2 is 2.40 bits per heavy atom. The number of hydrogen-bond acceptors (Lipinski definition) is 4. The smallest absolute Gasteiger partial charge is 0.305 e. The van der Waals surface area contributed by atoms with Crippen LogP contribution < -0.4 is 0 Å². The molecule has 0 atom stereocenters. The second kappa shape index (κ2) is 6.14. The van der Waals surface area contributed by atoms with E-state index in [1.165, 1.54) is 11.3 Å². The number of esters is 1. The summed E-state index contributed by atoms with van der Waals surface area (Å²) in [6, 6.07) is 3.80. The molecule has 0 radical (unpaired) electrons. The first-order valence-corrected chi connectivity index (χ1v) is 5.49. The Bertz CT molecular complexity index is 352. The van der Waals surface area contributed by atoms with Gasteiger partial charge in [-0.05, 0) is 17.5 Å². The molecule has 0 amide bonds. The standard InChI is InChI=1S/C11H12O3S/c1-2-11(13)14-8-9(7-12)6-10-4-3-5-15-10/h3-7H,2,8H2,1H3/b9-6-. The van der Waals surface area contributed by atoms with Crippen molar-refractivity contribution in [3.8, 4) is 0 Å². The molecule has 15 heavy (non-hydrogen) atoms. The molecule has 0 spiro atoms. The maximum Gasteiger partial charge on any atom is 0.305 e. The zero-order chi connectivity index (χ0) is 11.1. The predicted octanol–water partition coefficient (Wildman–Crippen LogP) is 2.28. The van der Waals surface area contributed by atoms with Crippen LogP contribution in [-0.4, -0.2) is 18.9 Å². The fourth-order valence-corrected chi connectivity index (χ4v) is 1.62. The molecule has 0 aliphatic rings. The summed E-state index contributed by atoms with van der Waals surface area (Å²) in [6.07, 6.45) is 2.76. The van der Waals surface area contributed by atoms with Gasteiger partial charge in [0, 0.05) is 16.9 Å². The molecule has 0 aliphatic carbocycles. The topological polar surface area (TPSA) is 43.4 Å². The van der Waals surface area contributed by atoms with Crippen LogP contribution in [0.4, 0.5) is 0 Å². The number of carbonyl (C=O) groups is 2. The van der Waals surface area contributed by atoms with Crippen LogP contribution in [0, 0.1) is 0 Å². The number of rotatable bonds is 5. The zero-order valence-corrected chi connectivity index (χ0v) is 9.25. The van der Waals surface area contributed by atoms with E-state index in [9.17, 15) is 9.59 Å². The van der Waals surface area contributed by atoms with E-state index in [4.69, 9.17) is 4.74 Å². The molecule has 3 nitrogen and oxygen atoms in total. The van der Waals surface area contributed by atoms with Crippen molar-refractivity contribution < 1.29 is 14.3 Å². The molecule has 80 valence electrons. The van der Waals surface area contributed by atoms with Crippen molar-refractivity contribution in [2.75, 3.05) is 6.61 Å². The minimum absolute atomic E-state index is 0.0497. The first kappa shape index (κ1) is 11.7. The molecule has 0 aromatic carbocycles. The second-order valence-corrected chi connectivity index (χ2v) is 3.85. The Morgan fingerprint density at radius 3 is 2.93 bits per heavy atom. The van der Waals surface area contributed by atoms with Gasteiger partial charge in [-0.15, -0.1) is 11.3 Å². The molecule has 4 heteroatoms. The van der Waals surface area contributed by atoms with E-state index in [0.29, 0.717) is 18.3 Å². The summed E-state index contributed by atoms with van der Waals surface area (Å²) in [5, 5.41) is 1.92. The summed E-state index contributed by atoms with van der Waals surface area (Å²) in [6.45, 7) is 1.76. The van der Waals surface area contributed by atoms with Gasteiger partial charge in [-0.2, -0.15) is 0 Å². The highest BCUT2D eigenvalue weighted by atomic mass is 32.1. The van der Waals surface area contributed by atoms with Gasteiger partial charge < -0.3 is 4.74 Å². The molecular weight excluding hydrogens is 212 g/mol. The lowest BCUT2D eigenvalue weighted by Gasteiger charge is -2.01. The minimum atomic E-state index is -0.297. The van der Waals surface area contributed by atoms with E-state index < -0.39 is 0 Å². The lowest BCUT2D eigenvalue weighted by molar-refractivity contribution is -0.142. The third-order valence-corrected chi connectivity index (χ3v) is 2.53. The quantitative estimate of drug-likeness (QED) is 0.438. The maximum atomic E-state index is 10.9. The highest BCUT2D eigenvalue weighted by Crippen LogP contribution is 2.12. The third kappa shape index (κ3) is 4.08. The van der Waals surface area contributed by atoms with Gasteiger partial charge in [0.2, 0.25) is 0 Å². The highest BCUT2D eigenvalue weighted by Gasteiger charge is 2.02. The van der Waals surface area contributed by atoms with Gasteiger partial charge in [0.05, 0.1) is 0 Å². The van der Waals surface area contributed by atoms with E-state index in [-0.39, 0.29) is 12.6 Å². The van der Waals surface area contributed by atoms with Crippen molar-refractivity contribution in [3.05, 3.63) is 28.0 Å². The summed E-state index contributed by atoms with van der Waals surface area (Å²) < 4.78 is 4.86. The highest BCUT2D eigenvalue weighted by molar-refractivity contribution is 7.10. The van der Waals surface area contributed by atoms with Crippen molar-refractivity contribution in [3.63, 3.8) is 0 Å². The van der Waals surface area contributed by atoms with E-state index in [2.05, 4.69) is 0 Å². The fourth-order valence-electron chi connectivity index (χ4n) is 0.932. The lowest BCUT2D eigenvalue weighted by Crippen LogP contribution is -2.06. The second-order valence-electron chi connectivity index (χ2n) is 2.87. The van der Waals surface area contributed by atoms with Crippen molar-refractivity contribution in [1.82, 2.24) is 0 Å². The molecule has 0 saturated carbocycles.